The van der Waals surface area contributed by atoms with Gasteiger partial charge >= 0.3 is 0 Å². The minimum Gasteiger partial charge on any atom is -0.496 e. The molecule has 0 saturated carbocycles. The van der Waals surface area contributed by atoms with Crippen molar-refractivity contribution in [3.63, 3.8) is 0 Å². The number of nitrogens with zero attached hydrogens (tertiary/aromatic N) is 3. The summed E-state index contributed by atoms with van der Waals surface area (Å²) in [5, 5.41) is 6.14. The second kappa shape index (κ2) is 9.03. The molecule has 0 aliphatic carbocycles. The molecule has 0 radical (unpaired) electrons. The molecule has 7 heteroatoms. The minimum absolute atomic E-state index is 0.0308. The molecule has 1 saturated heterocycles. The van der Waals surface area contributed by atoms with Crippen LogP contribution in [-0.2, 0) is 11.2 Å². The van der Waals surface area contributed by atoms with Gasteiger partial charge in [-0.15, -0.1) is 0 Å². The predicted octanol–water partition coefficient (Wildman–Crippen LogP) is 1.86. The summed E-state index contributed by atoms with van der Waals surface area (Å²) in [5.41, 5.74) is 0.881. The summed E-state index contributed by atoms with van der Waals surface area (Å²) in [6.07, 6.45) is 4.31. The van der Waals surface area contributed by atoms with Crippen LogP contribution in [0.1, 0.15) is 18.4 Å². The van der Waals surface area contributed by atoms with E-state index >= 15 is 0 Å². The van der Waals surface area contributed by atoms with Crippen molar-refractivity contribution in [1.82, 2.24) is 15.3 Å². The molecular weight excluding hydrogens is 330 g/mol. The number of rotatable bonds is 8. The summed E-state index contributed by atoms with van der Waals surface area (Å²) in [6.45, 7) is 3.23. The van der Waals surface area contributed by atoms with E-state index in [1.807, 2.05) is 30.3 Å². The third-order valence-corrected chi connectivity index (χ3v) is 4.38. The predicted molar refractivity (Wildman–Crippen MR) is 102 cm³/mol. The van der Waals surface area contributed by atoms with Gasteiger partial charge in [0.05, 0.1) is 13.5 Å². The van der Waals surface area contributed by atoms with E-state index in [1.54, 1.807) is 13.4 Å². The standard InChI is InChI=1S/C19H25N5O2/c1-26-16-7-3-2-6-15(16)12-19(25)21-9-8-20-17-13-18(23-14-22-17)24-10-4-5-11-24/h2-3,6-7,13-14H,4-5,8-12H2,1H3,(H,21,25)(H,20,22,23). The highest BCUT2D eigenvalue weighted by Crippen LogP contribution is 2.19. The molecule has 0 atom stereocenters. The van der Waals surface area contributed by atoms with Crippen LogP contribution in [0.15, 0.2) is 36.7 Å². The molecule has 1 aromatic heterocycles. The lowest BCUT2D eigenvalue weighted by Crippen LogP contribution is -2.30. The molecule has 26 heavy (non-hydrogen) atoms. The number of anilines is 2. The van der Waals surface area contributed by atoms with E-state index in [-0.39, 0.29) is 5.91 Å². The molecule has 1 aliphatic rings. The number of hydrogen-bond donors (Lipinski definition) is 2. The van der Waals surface area contributed by atoms with Crippen LogP contribution in [0.4, 0.5) is 11.6 Å². The van der Waals surface area contributed by atoms with Crippen LogP contribution < -0.4 is 20.3 Å². The molecule has 0 spiro atoms. The number of para-hydroxylation sites is 1. The Kier molecular flexibility index (Phi) is 6.24. The Labute approximate surface area is 153 Å². The van der Waals surface area contributed by atoms with Gasteiger partial charge in [-0.25, -0.2) is 9.97 Å². The second-order valence-corrected chi connectivity index (χ2v) is 6.22. The Morgan fingerprint density at radius 3 is 2.81 bits per heavy atom. The molecule has 2 heterocycles. The Morgan fingerprint density at radius 1 is 1.19 bits per heavy atom. The number of carbonyl (C=O) groups is 1. The number of carbonyl (C=O) groups excluding carboxylic acids is 1. The van der Waals surface area contributed by atoms with Crippen molar-refractivity contribution in [2.75, 3.05) is 43.5 Å². The molecule has 2 N–H and O–H groups in total. The maximum Gasteiger partial charge on any atom is 0.224 e. The van der Waals surface area contributed by atoms with Crippen molar-refractivity contribution in [2.24, 2.45) is 0 Å². The highest BCUT2D eigenvalue weighted by atomic mass is 16.5. The Hall–Kier alpha value is -2.83. The summed E-state index contributed by atoms with van der Waals surface area (Å²) in [4.78, 5) is 22.9. The minimum atomic E-state index is -0.0308. The normalized spacial score (nSPS) is 13.5. The van der Waals surface area contributed by atoms with Crippen LogP contribution in [0.3, 0.4) is 0 Å². The Morgan fingerprint density at radius 2 is 2.00 bits per heavy atom. The van der Waals surface area contributed by atoms with Gasteiger partial charge in [0.1, 0.15) is 23.7 Å². The highest BCUT2D eigenvalue weighted by molar-refractivity contribution is 5.79. The Balaban J connectivity index is 1.42. The summed E-state index contributed by atoms with van der Waals surface area (Å²) >= 11 is 0. The van der Waals surface area contributed by atoms with Crippen molar-refractivity contribution in [2.45, 2.75) is 19.3 Å². The third kappa shape index (κ3) is 4.84. The van der Waals surface area contributed by atoms with Crippen molar-refractivity contribution in [1.29, 1.82) is 0 Å². The first-order valence-electron chi connectivity index (χ1n) is 8.96. The monoisotopic (exact) mass is 355 g/mol. The van der Waals surface area contributed by atoms with Crippen LogP contribution in [-0.4, -0.2) is 49.2 Å². The van der Waals surface area contributed by atoms with Crippen molar-refractivity contribution in [3.8, 4) is 5.75 Å². The first-order valence-corrected chi connectivity index (χ1v) is 8.96. The van der Waals surface area contributed by atoms with Crippen LogP contribution in [0.25, 0.3) is 0 Å². The molecule has 1 aliphatic heterocycles. The van der Waals surface area contributed by atoms with Gasteiger partial charge in [-0.3, -0.25) is 4.79 Å². The number of ether oxygens (including phenoxy) is 1. The molecule has 1 fully saturated rings. The maximum absolute atomic E-state index is 12.1. The molecule has 7 nitrogen and oxygen atoms in total. The van der Waals surface area contributed by atoms with Gasteiger partial charge in [-0.2, -0.15) is 0 Å². The lowest BCUT2D eigenvalue weighted by Gasteiger charge is -2.16. The van der Waals surface area contributed by atoms with E-state index in [1.165, 1.54) is 12.8 Å². The lowest BCUT2D eigenvalue weighted by atomic mass is 10.1. The van der Waals surface area contributed by atoms with Gasteiger partial charge in [0.25, 0.3) is 0 Å². The molecular formula is C19H25N5O2. The van der Waals surface area contributed by atoms with E-state index < -0.39 is 0 Å². The van der Waals surface area contributed by atoms with E-state index in [0.29, 0.717) is 19.5 Å². The summed E-state index contributed by atoms with van der Waals surface area (Å²) in [5.74, 6) is 2.44. The summed E-state index contributed by atoms with van der Waals surface area (Å²) in [6, 6.07) is 9.51. The number of hydrogen-bond acceptors (Lipinski definition) is 6. The smallest absolute Gasteiger partial charge is 0.224 e. The van der Waals surface area contributed by atoms with Gasteiger partial charge in [0.15, 0.2) is 0 Å². The maximum atomic E-state index is 12.1. The Bertz CT molecular complexity index is 731. The zero-order valence-electron chi connectivity index (χ0n) is 15.1. The quantitative estimate of drug-likeness (QED) is 0.704. The number of benzene rings is 1. The van der Waals surface area contributed by atoms with E-state index in [0.717, 1.165) is 36.0 Å². The van der Waals surface area contributed by atoms with Crippen LogP contribution in [0.5, 0.6) is 5.75 Å². The van der Waals surface area contributed by atoms with Crippen molar-refractivity contribution in [3.05, 3.63) is 42.2 Å². The van der Waals surface area contributed by atoms with Crippen LogP contribution >= 0.6 is 0 Å². The van der Waals surface area contributed by atoms with E-state index in [2.05, 4.69) is 25.5 Å². The third-order valence-electron chi connectivity index (χ3n) is 4.38. The van der Waals surface area contributed by atoms with Gasteiger partial charge in [-0.05, 0) is 18.9 Å². The molecule has 0 unspecified atom stereocenters. The number of methoxy groups -OCH3 is 1. The zero-order valence-corrected chi connectivity index (χ0v) is 15.1. The fourth-order valence-corrected chi connectivity index (χ4v) is 3.04. The average Bonchev–Trinajstić information content (AvgIpc) is 3.21. The summed E-state index contributed by atoms with van der Waals surface area (Å²) in [7, 11) is 1.61. The van der Waals surface area contributed by atoms with Gasteiger partial charge < -0.3 is 20.3 Å². The van der Waals surface area contributed by atoms with Gasteiger partial charge in [0, 0.05) is 37.8 Å². The van der Waals surface area contributed by atoms with Crippen molar-refractivity contribution < 1.29 is 9.53 Å². The largest absolute Gasteiger partial charge is 0.496 e. The van der Waals surface area contributed by atoms with Gasteiger partial charge in [0.2, 0.25) is 5.91 Å². The SMILES string of the molecule is COc1ccccc1CC(=O)NCCNc1cc(N2CCCC2)ncn1. The van der Waals surface area contributed by atoms with Crippen LogP contribution in [0, 0.1) is 0 Å². The first kappa shape index (κ1) is 18.0. The number of amides is 1. The van der Waals surface area contributed by atoms with Gasteiger partial charge in [-0.1, -0.05) is 18.2 Å². The average molecular weight is 355 g/mol. The molecule has 138 valence electrons. The van der Waals surface area contributed by atoms with E-state index in [4.69, 9.17) is 4.74 Å². The molecule has 0 bridgehead atoms. The molecule has 3 rings (SSSR count). The number of aromatic nitrogens is 2. The molecule has 2 aromatic rings. The first-order chi connectivity index (χ1) is 12.8. The zero-order chi connectivity index (χ0) is 18.2. The lowest BCUT2D eigenvalue weighted by molar-refractivity contribution is -0.120. The molecule has 1 aromatic carbocycles. The molecule has 1 amide bonds. The topological polar surface area (TPSA) is 79.4 Å². The van der Waals surface area contributed by atoms with E-state index in [9.17, 15) is 4.79 Å². The van der Waals surface area contributed by atoms with Crippen LogP contribution in [0.2, 0.25) is 0 Å². The fourth-order valence-electron chi connectivity index (χ4n) is 3.04. The highest BCUT2D eigenvalue weighted by Gasteiger charge is 2.14. The second-order valence-electron chi connectivity index (χ2n) is 6.22. The number of nitrogens with one attached hydrogen (secondary N) is 2. The fraction of sp³-hybridized carbons (Fsp3) is 0.421. The summed E-state index contributed by atoms with van der Waals surface area (Å²) < 4.78 is 5.27. The van der Waals surface area contributed by atoms with Crippen molar-refractivity contribution >= 4 is 17.5 Å².